The number of nitrogens with zero attached hydrogens (tertiary/aromatic N) is 2. The Hall–Kier alpha value is -4.14. The molecule has 0 aliphatic carbocycles. The Kier molecular flexibility index (Phi) is 6.11. The van der Waals surface area contributed by atoms with Crippen LogP contribution in [-0.4, -0.2) is 49.0 Å². The summed E-state index contributed by atoms with van der Waals surface area (Å²) in [5, 5.41) is 6.86. The van der Waals surface area contributed by atoms with Gasteiger partial charge < -0.3 is 19.5 Å². The monoisotopic (exact) mass is 409 g/mol. The summed E-state index contributed by atoms with van der Waals surface area (Å²) in [5.41, 5.74) is 0.145. The van der Waals surface area contributed by atoms with Crippen molar-refractivity contribution in [3.05, 3.63) is 71.5 Å². The Labute approximate surface area is 172 Å². The maximum absolute atomic E-state index is 13.2. The average molecular weight is 409 g/mol. The molecule has 30 heavy (non-hydrogen) atoms. The molecule has 0 fully saturated rings. The smallest absolute Gasteiger partial charge is 0.359 e. The van der Waals surface area contributed by atoms with Crippen LogP contribution in [0.25, 0.3) is 5.69 Å². The fourth-order valence-electron chi connectivity index (χ4n) is 2.78. The van der Waals surface area contributed by atoms with E-state index in [1.54, 1.807) is 54.6 Å². The molecule has 9 heteroatoms. The second-order valence-corrected chi connectivity index (χ2v) is 5.99. The number of carbonyl (C=O) groups excluding carboxylic acids is 3. The first-order chi connectivity index (χ1) is 14.5. The molecule has 3 rings (SSSR count). The molecule has 1 N–H and O–H groups in total. The van der Waals surface area contributed by atoms with Crippen LogP contribution in [0.4, 0.5) is 5.69 Å². The molecular weight excluding hydrogens is 390 g/mol. The molecule has 154 valence electrons. The highest BCUT2D eigenvalue weighted by molar-refractivity contribution is 6.14. The lowest BCUT2D eigenvalue weighted by atomic mass is 10.1. The largest absolute Gasteiger partial charge is 0.497 e. The van der Waals surface area contributed by atoms with Crippen molar-refractivity contribution in [3.8, 4) is 11.4 Å². The van der Waals surface area contributed by atoms with E-state index in [4.69, 9.17) is 14.2 Å². The van der Waals surface area contributed by atoms with Crippen LogP contribution in [-0.2, 0) is 9.47 Å². The van der Waals surface area contributed by atoms with Crippen molar-refractivity contribution >= 4 is 23.5 Å². The number of esters is 2. The van der Waals surface area contributed by atoms with E-state index in [0.29, 0.717) is 17.1 Å². The first-order valence-corrected chi connectivity index (χ1v) is 8.80. The number of hydrogen-bond acceptors (Lipinski definition) is 7. The number of benzene rings is 2. The number of anilines is 1. The number of hydrogen-bond donors (Lipinski definition) is 1. The molecule has 2 aromatic carbocycles. The van der Waals surface area contributed by atoms with Gasteiger partial charge in [-0.1, -0.05) is 18.2 Å². The highest BCUT2D eigenvalue weighted by atomic mass is 16.5. The fourth-order valence-corrected chi connectivity index (χ4v) is 2.78. The van der Waals surface area contributed by atoms with Crippen molar-refractivity contribution in [2.45, 2.75) is 0 Å². The summed E-state index contributed by atoms with van der Waals surface area (Å²) in [7, 11) is 3.83. The molecule has 1 amide bonds. The molecule has 3 aromatic rings. The third-order valence-corrected chi connectivity index (χ3v) is 4.22. The zero-order valence-corrected chi connectivity index (χ0v) is 16.5. The number of methoxy groups -OCH3 is 3. The molecule has 1 aromatic heterocycles. The van der Waals surface area contributed by atoms with Gasteiger partial charge in [-0.05, 0) is 36.4 Å². The van der Waals surface area contributed by atoms with Gasteiger partial charge in [-0.3, -0.25) is 4.79 Å². The summed E-state index contributed by atoms with van der Waals surface area (Å²) < 4.78 is 15.8. The summed E-state index contributed by atoms with van der Waals surface area (Å²) in [5.74, 6) is -1.81. The van der Waals surface area contributed by atoms with Gasteiger partial charge in [-0.15, -0.1) is 0 Å². The lowest BCUT2D eigenvalue weighted by Crippen LogP contribution is -2.21. The lowest BCUT2D eigenvalue weighted by Gasteiger charge is -2.10. The Bertz CT molecular complexity index is 1070. The van der Waals surface area contributed by atoms with Crippen molar-refractivity contribution in [1.29, 1.82) is 0 Å². The average Bonchev–Trinajstić information content (AvgIpc) is 3.20. The fraction of sp³-hybridized carbons (Fsp3) is 0.143. The van der Waals surface area contributed by atoms with E-state index < -0.39 is 17.8 Å². The second kappa shape index (κ2) is 8.91. The quantitative estimate of drug-likeness (QED) is 0.624. The number of ether oxygens (including phenoxy) is 3. The topological polar surface area (TPSA) is 109 Å². The van der Waals surface area contributed by atoms with Crippen LogP contribution in [0.5, 0.6) is 5.75 Å². The summed E-state index contributed by atoms with van der Waals surface area (Å²) in [6, 6.07) is 15.2. The minimum Gasteiger partial charge on any atom is -0.497 e. The minimum absolute atomic E-state index is 0.163. The van der Waals surface area contributed by atoms with Gasteiger partial charge in [0.25, 0.3) is 5.91 Å². The molecule has 0 radical (unpaired) electrons. The first-order valence-electron chi connectivity index (χ1n) is 8.80. The van der Waals surface area contributed by atoms with Crippen molar-refractivity contribution in [2.75, 3.05) is 26.6 Å². The molecule has 0 aliphatic rings. The highest BCUT2D eigenvalue weighted by Crippen LogP contribution is 2.23. The summed E-state index contributed by atoms with van der Waals surface area (Å²) in [6.45, 7) is 0. The Morgan fingerprint density at radius 2 is 1.50 bits per heavy atom. The van der Waals surface area contributed by atoms with E-state index >= 15 is 0 Å². The van der Waals surface area contributed by atoms with E-state index in [2.05, 4.69) is 10.4 Å². The number of rotatable bonds is 6. The van der Waals surface area contributed by atoms with Crippen LogP contribution in [0, 0.1) is 0 Å². The van der Waals surface area contributed by atoms with E-state index in [1.807, 2.05) is 0 Å². The Morgan fingerprint density at radius 3 is 2.07 bits per heavy atom. The van der Waals surface area contributed by atoms with Gasteiger partial charge in [0.05, 0.1) is 27.0 Å². The molecule has 0 saturated heterocycles. The molecule has 9 nitrogen and oxygen atoms in total. The standard InChI is InChI=1S/C21H19N3O6/c1-28-15-11-9-13(10-12-15)22-19(25)18-16(20(26)29-2)17(21(27)30-3)23-24(18)14-7-5-4-6-8-14/h4-12H,1-3H3,(H,22,25). The molecular formula is C21H19N3O6. The zero-order valence-electron chi connectivity index (χ0n) is 16.5. The molecule has 0 aliphatic heterocycles. The van der Waals surface area contributed by atoms with Gasteiger partial charge in [-0.25, -0.2) is 14.3 Å². The van der Waals surface area contributed by atoms with E-state index in [0.717, 1.165) is 14.2 Å². The van der Waals surface area contributed by atoms with Gasteiger partial charge in [0.15, 0.2) is 5.69 Å². The van der Waals surface area contributed by atoms with Crippen molar-refractivity contribution < 1.29 is 28.6 Å². The Balaban J connectivity index is 2.15. The molecule has 0 saturated carbocycles. The van der Waals surface area contributed by atoms with Crippen molar-refractivity contribution in [2.24, 2.45) is 0 Å². The van der Waals surface area contributed by atoms with Gasteiger partial charge in [-0.2, -0.15) is 5.10 Å². The number of carbonyl (C=O) groups is 3. The van der Waals surface area contributed by atoms with Crippen LogP contribution < -0.4 is 10.1 Å². The molecule has 0 bridgehead atoms. The van der Waals surface area contributed by atoms with Crippen LogP contribution >= 0.6 is 0 Å². The van der Waals surface area contributed by atoms with Gasteiger partial charge in [0.1, 0.15) is 17.0 Å². The third-order valence-electron chi connectivity index (χ3n) is 4.22. The van der Waals surface area contributed by atoms with Crippen molar-refractivity contribution in [3.63, 3.8) is 0 Å². The maximum Gasteiger partial charge on any atom is 0.359 e. The maximum atomic E-state index is 13.2. The van der Waals surface area contributed by atoms with Crippen LogP contribution in [0.3, 0.4) is 0 Å². The molecule has 0 atom stereocenters. The summed E-state index contributed by atoms with van der Waals surface area (Å²) in [4.78, 5) is 37.9. The van der Waals surface area contributed by atoms with E-state index in [-0.39, 0.29) is 17.0 Å². The number of amides is 1. The van der Waals surface area contributed by atoms with Crippen LogP contribution in [0.1, 0.15) is 31.3 Å². The minimum atomic E-state index is -0.891. The molecule has 0 unspecified atom stereocenters. The molecule has 1 heterocycles. The highest BCUT2D eigenvalue weighted by Gasteiger charge is 2.33. The zero-order chi connectivity index (χ0) is 21.7. The molecule has 0 spiro atoms. The first kappa shape index (κ1) is 20.6. The Morgan fingerprint density at radius 1 is 0.867 bits per heavy atom. The third kappa shape index (κ3) is 4.00. The summed E-state index contributed by atoms with van der Waals surface area (Å²) >= 11 is 0. The van der Waals surface area contributed by atoms with E-state index in [9.17, 15) is 14.4 Å². The van der Waals surface area contributed by atoms with Crippen molar-refractivity contribution in [1.82, 2.24) is 9.78 Å². The lowest BCUT2D eigenvalue weighted by molar-refractivity contribution is 0.0551. The predicted molar refractivity (Wildman–Crippen MR) is 107 cm³/mol. The second-order valence-electron chi connectivity index (χ2n) is 5.99. The number of para-hydroxylation sites is 1. The normalized spacial score (nSPS) is 10.2. The SMILES string of the molecule is COC(=O)c1nn(-c2ccccc2)c(C(=O)Nc2ccc(OC)cc2)c1C(=O)OC. The van der Waals surface area contributed by atoms with Crippen LogP contribution in [0.15, 0.2) is 54.6 Å². The van der Waals surface area contributed by atoms with Gasteiger partial charge >= 0.3 is 11.9 Å². The van der Waals surface area contributed by atoms with Gasteiger partial charge in [0.2, 0.25) is 0 Å². The number of nitrogens with one attached hydrogen (secondary N) is 1. The predicted octanol–water partition coefficient (Wildman–Crippen LogP) is 2.71. The summed E-state index contributed by atoms with van der Waals surface area (Å²) in [6.07, 6.45) is 0. The van der Waals surface area contributed by atoms with Gasteiger partial charge in [0, 0.05) is 5.69 Å². The number of aromatic nitrogens is 2. The van der Waals surface area contributed by atoms with E-state index in [1.165, 1.54) is 11.8 Å². The van der Waals surface area contributed by atoms with Crippen LogP contribution in [0.2, 0.25) is 0 Å².